The molecule has 0 rings (SSSR count). The Morgan fingerprint density at radius 3 is 2.67 bits per heavy atom. The van der Waals surface area contributed by atoms with Crippen LogP contribution in [-0.4, -0.2) is 44.7 Å². The van der Waals surface area contributed by atoms with Crippen LogP contribution >= 0.6 is 0 Å². The van der Waals surface area contributed by atoms with Crippen molar-refractivity contribution in [1.29, 1.82) is 0 Å². The van der Waals surface area contributed by atoms with Crippen LogP contribution in [0.1, 0.15) is 0 Å². The van der Waals surface area contributed by atoms with Gasteiger partial charge in [0.05, 0.1) is 6.54 Å². The van der Waals surface area contributed by atoms with E-state index in [1.807, 2.05) is 0 Å². The Balaban J connectivity index is 3.21. The number of terminal acetylenes is 1. The van der Waals surface area contributed by atoms with Crippen molar-refractivity contribution in [3.63, 3.8) is 0 Å². The van der Waals surface area contributed by atoms with E-state index in [2.05, 4.69) is 16.6 Å². The highest BCUT2D eigenvalue weighted by atomic mass is 16.2. The summed E-state index contributed by atoms with van der Waals surface area (Å²) in [4.78, 5) is 12.4. The molecular formula is C8H15N3O. The molecule has 0 fully saturated rings. The van der Waals surface area contributed by atoms with Gasteiger partial charge < -0.3 is 15.5 Å². The highest BCUT2D eigenvalue weighted by Crippen LogP contribution is 1.74. The molecule has 68 valence electrons. The van der Waals surface area contributed by atoms with Crippen molar-refractivity contribution in [2.45, 2.75) is 0 Å². The van der Waals surface area contributed by atoms with Crippen LogP contribution in [0.3, 0.4) is 0 Å². The van der Waals surface area contributed by atoms with Gasteiger partial charge in [-0.25, -0.2) is 4.79 Å². The Bertz CT molecular complexity index is 172. The average Bonchev–Trinajstić information content (AvgIpc) is 2.03. The molecule has 0 aromatic rings. The third-order valence-corrected chi connectivity index (χ3v) is 1.21. The van der Waals surface area contributed by atoms with E-state index < -0.39 is 0 Å². The lowest BCUT2D eigenvalue weighted by atomic mass is 10.5. The maximum absolute atomic E-state index is 10.9. The molecule has 0 aromatic carbocycles. The Morgan fingerprint density at radius 2 is 2.17 bits per heavy atom. The molecular weight excluding hydrogens is 154 g/mol. The van der Waals surface area contributed by atoms with Gasteiger partial charge in [-0.3, -0.25) is 0 Å². The van der Waals surface area contributed by atoms with Crippen molar-refractivity contribution in [3.8, 4) is 12.3 Å². The molecule has 0 saturated heterocycles. The topological polar surface area (TPSA) is 44.4 Å². The lowest BCUT2D eigenvalue weighted by molar-refractivity contribution is 0.217. The lowest BCUT2D eigenvalue weighted by Gasteiger charge is -2.11. The second-order valence-corrected chi connectivity index (χ2v) is 2.51. The van der Waals surface area contributed by atoms with Crippen molar-refractivity contribution >= 4 is 6.03 Å². The molecule has 0 spiro atoms. The Labute approximate surface area is 73.3 Å². The zero-order chi connectivity index (χ0) is 9.40. The van der Waals surface area contributed by atoms with Gasteiger partial charge >= 0.3 is 6.03 Å². The number of rotatable bonds is 4. The molecule has 0 radical (unpaired) electrons. The fourth-order valence-corrected chi connectivity index (χ4v) is 0.576. The number of amides is 2. The number of nitrogens with one attached hydrogen (secondary N) is 2. The highest BCUT2D eigenvalue weighted by Gasteiger charge is 1.99. The van der Waals surface area contributed by atoms with Crippen LogP contribution in [0.2, 0.25) is 0 Å². The van der Waals surface area contributed by atoms with Crippen LogP contribution in [0, 0.1) is 12.3 Å². The second-order valence-electron chi connectivity index (χ2n) is 2.51. The van der Waals surface area contributed by atoms with E-state index in [9.17, 15) is 4.79 Å². The number of carbonyl (C=O) groups is 1. The number of nitrogens with zero attached hydrogens (tertiary/aromatic N) is 1. The fraction of sp³-hybridized carbons (Fsp3) is 0.625. The number of carbonyl (C=O) groups excluding carboxylic acids is 1. The third kappa shape index (κ3) is 5.57. The molecule has 0 aliphatic heterocycles. The van der Waals surface area contributed by atoms with Crippen LogP contribution in [0.25, 0.3) is 0 Å². The lowest BCUT2D eigenvalue weighted by Crippen LogP contribution is -2.38. The standard InChI is InChI=1S/C8H15N3O/c1-4-5-9-6-7-10-8(12)11(2)3/h1,9H,5-7H2,2-3H3,(H,10,12). The molecule has 0 bridgehead atoms. The Morgan fingerprint density at radius 1 is 1.50 bits per heavy atom. The molecule has 2 amide bonds. The predicted octanol–water partition coefficient (Wildman–Crippen LogP) is -0.520. The van der Waals surface area contributed by atoms with Crippen molar-refractivity contribution in [1.82, 2.24) is 15.5 Å². The smallest absolute Gasteiger partial charge is 0.316 e. The van der Waals surface area contributed by atoms with Gasteiger partial charge in [0.15, 0.2) is 0 Å². The van der Waals surface area contributed by atoms with E-state index in [0.717, 1.165) is 0 Å². The van der Waals surface area contributed by atoms with E-state index in [0.29, 0.717) is 19.6 Å². The minimum absolute atomic E-state index is 0.0856. The van der Waals surface area contributed by atoms with Gasteiger partial charge in [-0.2, -0.15) is 0 Å². The minimum Gasteiger partial charge on any atom is -0.337 e. The van der Waals surface area contributed by atoms with E-state index in [1.165, 1.54) is 4.90 Å². The van der Waals surface area contributed by atoms with E-state index >= 15 is 0 Å². The summed E-state index contributed by atoms with van der Waals surface area (Å²) >= 11 is 0. The van der Waals surface area contributed by atoms with Gasteiger partial charge in [-0.15, -0.1) is 6.42 Å². The van der Waals surface area contributed by atoms with E-state index in [-0.39, 0.29) is 6.03 Å². The van der Waals surface area contributed by atoms with Crippen LogP contribution in [0.15, 0.2) is 0 Å². The van der Waals surface area contributed by atoms with Crippen molar-refractivity contribution in [3.05, 3.63) is 0 Å². The molecule has 0 saturated carbocycles. The first-order valence-electron chi connectivity index (χ1n) is 3.78. The van der Waals surface area contributed by atoms with Gasteiger partial charge in [0.2, 0.25) is 0 Å². The molecule has 0 aliphatic rings. The number of hydrogen-bond donors (Lipinski definition) is 2. The minimum atomic E-state index is -0.0856. The summed E-state index contributed by atoms with van der Waals surface area (Å²) in [5.74, 6) is 2.44. The molecule has 4 heteroatoms. The third-order valence-electron chi connectivity index (χ3n) is 1.21. The average molecular weight is 169 g/mol. The predicted molar refractivity (Wildman–Crippen MR) is 48.8 cm³/mol. The van der Waals surface area contributed by atoms with Crippen LogP contribution in [-0.2, 0) is 0 Å². The molecule has 0 atom stereocenters. The van der Waals surface area contributed by atoms with Gasteiger partial charge in [-0.05, 0) is 0 Å². The van der Waals surface area contributed by atoms with Crippen molar-refractivity contribution < 1.29 is 4.79 Å². The number of urea groups is 1. The van der Waals surface area contributed by atoms with Crippen molar-refractivity contribution in [2.75, 3.05) is 33.7 Å². The summed E-state index contributed by atoms with van der Waals surface area (Å²) in [6.07, 6.45) is 5.01. The van der Waals surface area contributed by atoms with E-state index in [1.54, 1.807) is 14.1 Å². The molecule has 4 nitrogen and oxygen atoms in total. The SMILES string of the molecule is C#CCNCCNC(=O)N(C)C. The first-order valence-corrected chi connectivity index (χ1v) is 3.78. The van der Waals surface area contributed by atoms with Crippen LogP contribution < -0.4 is 10.6 Å². The fourth-order valence-electron chi connectivity index (χ4n) is 0.576. The first kappa shape index (κ1) is 10.8. The van der Waals surface area contributed by atoms with Gasteiger partial charge in [0, 0.05) is 27.2 Å². The largest absolute Gasteiger partial charge is 0.337 e. The quantitative estimate of drug-likeness (QED) is 0.439. The molecule has 0 aliphatic carbocycles. The maximum atomic E-state index is 10.9. The molecule has 12 heavy (non-hydrogen) atoms. The van der Waals surface area contributed by atoms with Gasteiger partial charge in [0.25, 0.3) is 0 Å². The monoisotopic (exact) mass is 169 g/mol. The zero-order valence-electron chi connectivity index (χ0n) is 7.55. The summed E-state index contributed by atoms with van der Waals surface area (Å²) in [6, 6.07) is -0.0856. The number of hydrogen-bond acceptors (Lipinski definition) is 2. The summed E-state index contributed by atoms with van der Waals surface area (Å²) in [5.41, 5.74) is 0. The summed E-state index contributed by atoms with van der Waals surface area (Å²) in [5, 5.41) is 5.66. The first-order chi connectivity index (χ1) is 5.68. The Kier molecular flexibility index (Phi) is 5.84. The van der Waals surface area contributed by atoms with Gasteiger partial charge in [0.1, 0.15) is 0 Å². The van der Waals surface area contributed by atoms with Gasteiger partial charge in [-0.1, -0.05) is 5.92 Å². The summed E-state index contributed by atoms with van der Waals surface area (Å²) < 4.78 is 0. The molecule has 0 heterocycles. The summed E-state index contributed by atoms with van der Waals surface area (Å²) in [7, 11) is 3.40. The molecule has 2 N–H and O–H groups in total. The maximum Gasteiger partial charge on any atom is 0.316 e. The normalized spacial score (nSPS) is 8.75. The summed E-state index contributed by atoms with van der Waals surface area (Å²) in [6.45, 7) is 1.83. The zero-order valence-corrected chi connectivity index (χ0v) is 7.55. The Hall–Kier alpha value is -1.21. The molecule has 0 unspecified atom stereocenters. The van der Waals surface area contributed by atoms with Crippen LogP contribution in [0.4, 0.5) is 4.79 Å². The second kappa shape index (κ2) is 6.50. The van der Waals surface area contributed by atoms with Crippen LogP contribution in [0.5, 0.6) is 0 Å². The van der Waals surface area contributed by atoms with Crippen molar-refractivity contribution in [2.24, 2.45) is 0 Å². The highest BCUT2D eigenvalue weighted by molar-refractivity contribution is 5.73. The molecule has 0 aromatic heterocycles. The van der Waals surface area contributed by atoms with E-state index in [4.69, 9.17) is 6.42 Å².